The van der Waals surface area contributed by atoms with E-state index in [2.05, 4.69) is 17.5 Å². The number of nitrogen functional groups attached to an aromatic ring is 1. The lowest BCUT2D eigenvalue weighted by atomic mass is 10.2. The SMILES string of the molecule is C=C=Cc1c(C=C(C)C)noc1N. The number of hydrogen-bond donors (Lipinski definition) is 1. The van der Waals surface area contributed by atoms with Gasteiger partial charge >= 0.3 is 0 Å². The molecule has 0 unspecified atom stereocenters. The van der Waals surface area contributed by atoms with E-state index in [4.69, 9.17) is 10.3 Å². The maximum absolute atomic E-state index is 5.55. The molecular weight excluding hydrogens is 164 g/mol. The van der Waals surface area contributed by atoms with Gasteiger partial charge < -0.3 is 10.3 Å². The lowest BCUT2D eigenvalue weighted by Crippen LogP contribution is -1.84. The molecule has 1 aromatic heterocycles. The van der Waals surface area contributed by atoms with Gasteiger partial charge in [0, 0.05) is 0 Å². The van der Waals surface area contributed by atoms with Crippen molar-refractivity contribution in [2.45, 2.75) is 13.8 Å². The van der Waals surface area contributed by atoms with Gasteiger partial charge in [-0.15, -0.1) is 5.73 Å². The summed E-state index contributed by atoms with van der Waals surface area (Å²) >= 11 is 0. The quantitative estimate of drug-likeness (QED) is 0.704. The molecule has 0 radical (unpaired) electrons. The minimum Gasteiger partial charge on any atom is -0.367 e. The van der Waals surface area contributed by atoms with Crippen LogP contribution < -0.4 is 5.73 Å². The number of allylic oxidation sites excluding steroid dienone is 1. The van der Waals surface area contributed by atoms with E-state index in [1.165, 1.54) is 0 Å². The summed E-state index contributed by atoms with van der Waals surface area (Å²) in [5, 5.41) is 3.80. The molecule has 0 bridgehead atoms. The highest BCUT2D eigenvalue weighted by molar-refractivity contribution is 5.69. The molecular formula is C10H12N2O. The van der Waals surface area contributed by atoms with Crippen LogP contribution in [0.4, 0.5) is 5.88 Å². The summed E-state index contributed by atoms with van der Waals surface area (Å²) in [4.78, 5) is 0. The van der Waals surface area contributed by atoms with Crippen molar-refractivity contribution >= 4 is 18.0 Å². The van der Waals surface area contributed by atoms with Gasteiger partial charge in [0.2, 0.25) is 5.88 Å². The third-order valence-electron chi connectivity index (χ3n) is 1.46. The van der Waals surface area contributed by atoms with Crippen LogP contribution in [0.1, 0.15) is 25.1 Å². The minimum atomic E-state index is 0.295. The molecule has 0 saturated carbocycles. The second-order valence-electron chi connectivity index (χ2n) is 2.92. The molecule has 0 atom stereocenters. The lowest BCUT2D eigenvalue weighted by molar-refractivity contribution is 0.435. The summed E-state index contributed by atoms with van der Waals surface area (Å²) in [6, 6.07) is 0. The zero-order chi connectivity index (χ0) is 9.84. The van der Waals surface area contributed by atoms with Crippen LogP contribution in [0.25, 0.3) is 12.2 Å². The van der Waals surface area contributed by atoms with E-state index in [1.54, 1.807) is 6.08 Å². The van der Waals surface area contributed by atoms with Gasteiger partial charge in [-0.1, -0.05) is 17.3 Å². The Labute approximate surface area is 77.2 Å². The maximum Gasteiger partial charge on any atom is 0.230 e. The number of aromatic nitrogens is 1. The van der Waals surface area contributed by atoms with Gasteiger partial charge in [0.15, 0.2) is 0 Å². The van der Waals surface area contributed by atoms with Crippen LogP contribution in [0.5, 0.6) is 0 Å². The van der Waals surface area contributed by atoms with Gasteiger partial charge in [-0.05, 0) is 26.0 Å². The molecule has 0 spiro atoms. The highest BCUT2D eigenvalue weighted by Gasteiger charge is 2.07. The number of rotatable bonds is 2. The average molecular weight is 176 g/mol. The van der Waals surface area contributed by atoms with E-state index in [0.717, 1.165) is 11.1 Å². The highest BCUT2D eigenvalue weighted by atomic mass is 16.5. The van der Waals surface area contributed by atoms with Gasteiger partial charge in [0.25, 0.3) is 0 Å². The third-order valence-corrected chi connectivity index (χ3v) is 1.46. The smallest absolute Gasteiger partial charge is 0.230 e. The topological polar surface area (TPSA) is 52.0 Å². The first kappa shape index (κ1) is 9.36. The molecule has 3 heteroatoms. The number of nitrogens with two attached hydrogens (primary N) is 1. The normalized spacial score (nSPS) is 9.08. The number of nitrogens with zero attached hydrogens (tertiary/aromatic N) is 1. The van der Waals surface area contributed by atoms with Crippen LogP contribution in [-0.2, 0) is 0 Å². The van der Waals surface area contributed by atoms with Gasteiger partial charge in [0.1, 0.15) is 5.69 Å². The summed E-state index contributed by atoms with van der Waals surface area (Å²) in [6.45, 7) is 7.43. The fourth-order valence-electron chi connectivity index (χ4n) is 0.948. The fraction of sp³-hybridized carbons (Fsp3) is 0.200. The summed E-state index contributed by atoms with van der Waals surface area (Å²) < 4.78 is 4.83. The molecule has 1 rings (SSSR count). The lowest BCUT2D eigenvalue weighted by Gasteiger charge is -1.89. The van der Waals surface area contributed by atoms with Crippen molar-refractivity contribution in [1.82, 2.24) is 5.16 Å². The Bertz CT molecular complexity index is 378. The standard InChI is InChI=1S/C10H12N2O/c1-4-5-8-9(6-7(2)3)12-13-10(8)11/h5-6H,1,11H2,2-3H3. The first-order valence-electron chi connectivity index (χ1n) is 3.91. The molecule has 1 aromatic rings. The zero-order valence-corrected chi connectivity index (χ0v) is 7.79. The Morgan fingerprint density at radius 2 is 2.31 bits per heavy atom. The first-order valence-corrected chi connectivity index (χ1v) is 3.91. The van der Waals surface area contributed by atoms with Gasteiger partial charge in [-0.2, -0.15) is 0 Å². The largest absolute Gasteiger partial charge is 0.367 e. The molecule has 1 heterocycles. The molecule has 2 N–H and O–H groups in total. The summed E-state index contributed by atoms with van der Waals surface area (Å²) in [5.41, 5.74) is 10.8. The van der Waals surface area contributed by atoms with Crippen molar-refractivity contribution in [3.8, 4) is 0 Å². The molecule has 0 aliphatic carbocycles. The molecule has 0 aliphatic heterocycles. The Balaban J connectivity index is 3.22. The van der Waals surface area contributed by atoms with Crippen LogP contribution in [0.15, 0.2) is 22.4 Å². The molecule has 0 aromatic carbocycles. The van der Waals surface area contributed by atoms with Crippen LogP contribution in [0, 0.1) is 0 Å². The van der Waals surface area contributed by atoms with E-state index in [-0.39, 0.29) is 0 Å². The van der Waals surface area contributed by atoms with Crippen LogP contribution in [0.3, 0.4) is 0 Å². The van der Waals surface area contributed by atoms with Crippen molar-refractivity contribution in [3.05, 3.63) is 29.1 Å². The molecule has 68 valence electrons. The average Bonchev–Trinajstić information content (AvgIpc) is 2.35. The van der Waals surface area contributed by atoms with Crippen LogP contribution in [-0.4, -0.2) is 5.16 Å². The van der Waals surface area contributed by atoms with Gasteiger partial charge in [-0.3, -0.25) is 0 Å². The second-order valence-corrected chi connectivity index (χ2v) is 2.92. The van der Waals surface area contributed by atoms with Crippen LogP contribution in [0.2, 0.25) is 0 Å². The van der Waals surface area contributed by atoms with Crippen molar-refractivity contribution in [1.29, 1.82) is 0 Å². The van der Waals surface area contributed by atoms with E-state index < -0.39 is 0 Å². The monoisotopic (exact) mass is 176 g/mol. The van der Waals surface area contributed by atoms with Crippen molar-refractivity contribution in [2.75, 3.05) is 5.73 Å². The second kappa shape index (κ2) is 3.78. The highest BCUT2D eigenvalue weighted by Crippen LogP contribution is 2.19. The Kier molecular flexibility index (Phi) is 2.72. The van der Waals surface area contributed by atoms with Gasteiger partial charge in [0.05, 0.1) is 5.56 Å². The van der Waals surface area contributed by atoms with Crippen LogP contribution >= 0.6 is 0 Å². The minimum absolute atomic E-state index is 0.295. The van der Waals surface area contributed by atoms with Crippen molar-refractivity contribution in [3.63, 3.8) is 0 Å². The van der Waals surface area contributed by atoms with E-state index >= 15 is 0 Å². The Hall–Kier alpha value is -1.73. The first-order chi connectivity index (χ1) is 6.15. The van der Waals surface area contributed by atoms with E-state index in [0.29, 0.717) is 11.6 Å². The Morgan fingerprint density at radius 3 is 2.85 bits per heavy atom. The molecule has 0 fully saturated rings. The van der Waals surface area contributed by atoms with E-state index in [1.807, 2.05) is 19.9 Å². The van der Waals surface area contributed by atoms with Crippen molar-refractivity contribution < 1.29 is 4.52 Å². The molecule has 0 amide bonds. The molecule has 0 saturated heterocycles. The Morgan fingerprint density at radius 1 is 1.62 bits per heavy atom. The molecule has 13 heavy (non-hydrogen) atoms. The van der Waals surface area contributed by atoms with Gasteiger partial charge in [-0.25, -0.2) is 0 Å². The summed E-state index contributed by atoms with van der Waals surface area (Å²) in [7, 11) is 0. The fourth-order valence-corrected chi connectivity index (χ4v) is 0.948. The zero-order valence-electron chi connectivity index (χ0n) is 7.79. The summed E-state index contributed by atoms with van der Waals surface area (Å²) in [6.07, 6.45) is 3.55. The predicted octanol–water partition coefficient (Wildman–Crippen LogP) is 2.48. The number of hydrogen-bond acceptors (Lipinski definition) is 3. The van der Waals surface area contributed by atoms with E-state index in [9.17, 15) is 0 Å². The predicted molar refractivity (Wildman–Crippen MR) is 53.8 cm³/mol. The molecule has 0 aliphatic rings. The summed E-state index contributed by atoms with van der Waals surface area (Å²) in [5.74, 6) is 0.295. The molecule has 3 nitrogen and oxygen atoms in total. The van der Waals surface area contributed by atoms with Crippen molar-refractivity contribution in [2.24, 2.45) is 0 Å². The number of anilines is 1. The maximum atomic E-state index is 5.55. The third kappa shape index (κ3) is 2.10.